The van der Waals surface area contributed by atoms with E-state index >= 15 is 0 Å². The lowest BCUT2D eigenvalue weighted by Crippen LogP contribution is -1.99. The Labute approximate surface area is 199 Å². The maximum atomic E-state index is 6.16. The molecular formula is C30H20O5. The molecule has 170 valence electrons. The maximum absolute atomic E-state index is 6.16. The van der Waals surface area contributed by atoms with Crippen LogP contribution in [0.15, 0.2) is 0 Å². The Hall–Kier alpha value is -2.80. The molecule has 5 aliphatic rings. The molecule has 0 bridgehead atoms. The van der Waals surface area contributed by atoms with Crippen LogP contribution in [0.1, 0.15) is 55.6 Å². The zero-order valence-electron chi connectivity index (χ0n) is 19.1. The van der Waals surface area contributed by atoms with Gasteiger partial charge in [-0.15, -0.1) is 0 Å². The summed E-state index contributed by atoms with van der Waals surface area (Å²) < 4.78 is 30.8. The summed E-state index contributed by atoms with van der Waals surface area (Å²) in [5.41, 5.74) is 13.9. The Morgan fingerprint density at radius 3 is 0.486 bits per heavy atom. The highest BCUT2D eigenvalue weighted by Gasteiger charge is 2.39. The third-order valence-electron chi connectivity index (χ3n) is 9.80. The van der Waals surface area contributed by atoms with Crippen molar-refractivity contribution in [3.63, 3.8) is 0 Å². The first kappa shape index (κ1) is 17.6. The Morgan fingerprint density at radius 2 is 0.343 bits per heavy atom. The highest BCUT2D eigenvalue weighted by atomic mass is 16.5. The number of hydrogen-bond donors (Lipinski definition) is 0. The van der Waals surface area contributed by atoms with Crippen LogP contribution in [-0.2, 0) is 89.8 Å². The van der Waals surface area contributed by atoms with Gasteiger partial charge in [-0.05, 0) is 109 Å². The van der Waals surface area contributed by atoms with E-state index in [4.69, 9.17) is 23.7 Å². The maximum Gasteiger partial charge on any atom is 0.0731 e. The molecule has 5 heterocycles. The van der Waals surface area contributed by atoms with E-state index in [1.807, 2.05) is 0 Å². The molecule has 0 aliphatic carbocycles. The molecule has 11 rings (SSSR count). The molecule has 35 heavy (non-hydrogen) atoms. The quantitative estimate of drug-likeness (QED) is 0.264. The minimum atomic E-state index is 0.686. The first-order valence-electron chi connectivity index (χ1n) is 12.7. The van der Waals surface area contributed by atoms with Crippen LogP contribution in [0, 0.1) is 0 Å². The fourth-order valence-electron chi connectivity index (χ4n) is 8.67. The van der Waals surface area contributed by atoms with Gasteiger partial charge in [0.05, 0.1) is 66.1 Å². The van der Waals surface area contributed by atoms with Gasteiger partial charge >= 0.3 is 0 Å². The summed E-state index contributed by atoms with van der Waals surface area (Å²) in [4.78, 5) is 0. The van der Waals surface area contributed by atoms with Gasteiger partial charge in [-0.3, -0.25) is 0 Å². The predicted octanol–water partition coefficient (Wildman–Crippen LogP) is 5.92. The summed E-state index contributed by atoms with van der Waals surface area (Å²) in [6.07, 6.45) is 0. The van der Waals surface area contributed by atoms with Crippen molar-refractivity contribution in [2.75, 3.05) is 0 Å². The van der Waals surface area contributed by atoms with E-state index in [9.17, 15) is 0 Å². The van der Waals surface area contributed by atoms with Crippen molar-refractivity contribution in [2.24, 2.45) is 0 Å². The van der Waals surface area contributed by atoms with Gasteiger partial charge < -0.3 is 23.7 Å². The van der Waals surface area contributed by atoms with Crippen LogP contribution >= 0.6 is 0 Å². The van der Waals surface area contributed by atoms with Gasteiger partial charge in [0.15, 0.2) is 0 Å². The molecule has 5 heteroatoms. The zero-order valence-corrected chi connectivity index (χ0v) is 19.1. The molecule has 6 aromatic carbocycles. The lowest BCUT2D eigenvalue weighted by Gasteiger charge is -2.17. The Kier molecular flexibility index (Phi) is 2.75. The van der Waals surface area contributed by atoms with Crippen LogP contribution in [0.2, 0.25) is 0 Å². The van der Waals surface area contributed by atoms with Crippen molar-refractivity contribution >= 4 is 53.9 Å². The van der Waals surface area contributed by atoms with Gasteiger partial charge in [0, 0.05) is 0 Å². The van der Waals surface area contributed by atoms with Crippen LogP contribution in [0.5, 0.6) is 0 Å². The molecular weight excluding hydrogens is 440 g/mol. The second-order valence-electron chi connectivity index (χ2n) is 11.0. The molecule has 0 atom stereocenters. The fraction of sp³-hybridized carbons (Fsp3) is 0.333. The first-order valence-corrected chi connectivity index (χ1v) is 12.7. The third kappa shape index (κ3) is 1.64. The van der Waals surface area contributed by atoms with Crippen molar-refractivity contribution < 1.29 is 23.7 Å². The summed E-state index contributed by atoms with van der Waals surface area (Å²) in [6, 6.07) is 0. The van der Waals surface area contributed by atoms with Gasteiger partial charge in [0.2, 0.25) is 0 Å². The molecule has 0 radical (unpaired) electrons. The van der Waals surface area contributed by atoms with E-state index in [1.54, 1.807) is 0 Å². The van der Waals surface area contributed by atoms with Crippen molar-refractivity contribution in [1.29, 1.82) is 0 Å². The molecule has 0 N–H and O–H groups in total. The number of hydrogen-bond acceptors (Lipinski definition) is 5. The Balaban J connectivity index is 1.61. The second kappa shape index (κ2) is 5.46. The lowest BCUT2D eigenvalue weighted by atomic mass is 9.84. The van der Waals surface area contributed by atoms with Gasteiger partial charge in [0.1, 0.15) is 0 Å². The molecule has 0 saturated heterocycles. The number of rotatable bonds is 0. The van der Waals surface area contributed by atoms with Gasteiger partial charge in [-0.2, -0.15) is 0 Å². The van der Waals surface area contributed by atoms with E-state index < -0.39 is 0 Å². The summed E-state index contributed by atoms with van der Waals surface area (Å²) in [5.74, 6) is 0. The molecule has 5 aliphatic heterocycles. The van der Waals surface area contributed by atoms with Crippen LogP contribution in [-0.4, -0.2) is 0 Å². The molecule has 0 unspecified atom stereocenters. The highest BCUT2D eigenvalue weighted by molar-refractivity contribution is 6.47. The predicted molar refractivity (Wildman–Crippen MR) is 130 cm³/mol. The molecule has 0 amide bonds. The zero-order chi connectivity index (χ0) is 22.2. The molecule has 0 fully saturated rings. The summed E-state index contributed by atoms with van der Waals surface area (Å²) in [7, 11) is 0. The van der Waals surface area contributed by atoms with E-state index in [0.717, 1.165) is 0 Å². The average molecular weight is 460 g/mol. The fourth-order valence-corrected chi connectivity index (χ4v) is 8.67. The van der Waals surface area contributed by atoms with Crippen molar-refractivity contribution in [1.82, 2.24) is 0 Å². The number of benzene rings is 5. The van der Waals surface area contributed by atoms with Crippen LogP contribution in [0.3, 0.4) is 0 Å². The molecule has 5 nitrogen and oxygen atoms in total. The standard InChI is InChI=1S/C30H20O5/c1-11-12(2-31-1)22-15-5-33-6-16(15)24-19-9-35-10-20(19)25-18-8-34-7-17(18)23-14-4-32-3-13(14)21(11)26-27(22)29(24)30(25)28(23)26/h1-10H2. The first-order chi connectivity index (χ1) is 17.4. The van der Waals surface area contributed by atoms with E-state index in [1.165, 1.54) is 109 Å². The van der Waals surface area contributed by atoms with Crippen LogP contribution in [0.4, 0.5) is 0 Å². The van der Waals surface area contributed by atoms with Crippen molar-refractivity contribution in [2.45, 2.75) is 66.1 Å². The van der Waals surface area contributed by atoms with E-state index in [2.05, 4.69) is 0 Å². The van der Waals surface area contributed by atoms with Crippen LogP contribution < -0.4 is 0 Å². The lowest BCUT2D eigenvalue weighted by molar-refractivity contribution is 0.132. The Bertz CT molecular complexity index is 1540. The normalized spacial score (nSPS) is 20.6. The summed E-state index contributed by atoms with van der Waals surface area (Å²) in [5, 5.41) is 14.3. The molecule has 6 aromatic rings. The minimum Gasteiger partial charge on any atom is -0.372 e. The summed E-state index contributed by atoms with van der Waals surface area (Å²) in [6.45, 7) is 6.86. The molecule has 0 aromatic heterocycles. The third-order valence-corrected chi connectivity index (χ3v) is 9.80. The van der Waals surface area contributed by atoms with Crippen molar-refractivity contribution in [3.05, 3.63) is 55.6 Å². The van der Waals surface area contributed by atoms with Gasteiger partial charge in [-0.25, -0.2) is 0 Å². The second-order valence-corrected chi connectivity index (χ2v) is 11.0. The number of fused-ring (bicyclic) bond motifs is 15. The summed E-state index contributed by atoms with van der Waals surface area (Å²) >= 11 is 0. The van der Waals surface area contributed by atoms with Gasteiger partial charge in [-0.1, -0.05) is 0 Å². The van der Waals surface area contributed by atoms with E-state index in [-0.39, 0.29) is 0 Å². The smallest absolute Gasteiger partial charge is 0.0731 e. The minimum absolute atomic E-state index is 0.686. The molecule has 0 saturated carbocycles. The van der Waals surface area contributed by atoms with Crippen LogP contribution in [0.25, 0.3) is 53.9 Å². The Morgan fingerprint density at radius 1 is 0.200 bits per heavy atom. The van der Waals surface area contributed by atoms with Crippen molar-refractivity contribution in [3.8, 4) is 0 Å². The SMILES string of the molecule is C1OCc2c1c1c3c(c4c5c(c6c7c(c8c9c(c2c2c1c4c6c82)COC9)COC7)COC5)COC3. The monoisotopic (exact) mass is 460 g/mol. The topological polar surface area (TPSA) is 46.2 Å². The largest absolute Gasteiger partial charge is 0.372 e. The average Bonchev–Trinajstić information content (AvgIpc) is 3.72. The number of ether oxygens (including phenoxy) is 5. The molecule has 0 spiro atoms. The van der Waals surface area contributed by atoms with E-state index in [0.29, 0.717) is 66.1 Å². The highest BCUT2D eigenvalue weighted by Crippen LogP contribution is 2.59. The van der Waals surface area contributed by atoms with Gasteiger partial charge in [0.25, 0.3) is 0 Å².